The minimum Gasteiger partial charge on any atom is -0.382 e. The van der Waals surface area contributed by atoms with E-state index in [1.165, 1.54) is 17.7 Å². The minimum atomic E-state index is 0.532. The Kier molecular flexibility index (Phi) is 4.33. The third-order valence-corrected chi connectivity index (χ3v) is 4.40. The molecule has 1 atom stereocenters. The molecule has 1 aliphatic rings. The second-order valence-corrected chi connectivity index (χ2v) is 6.28. The molecule has 1 fully saturated rings. The van der Waals surface area contributed by atoms with Crippen molar-refractivity contribution in [1.29, 1.82) is 0 Å². The highest BCUT2D eigenvalue weighted by Gasteiger charge is 2.12. The van der Waals surface area contributed by atoms with Crippen molar-refractivity contribution in [3.05, 3.63) is 34.7 Å². The van der Waals surface area contributed by atoms with Gasteiger partial charge in [0.05, 0.1) is 10.7 Å². The highest BCUT2D eigenvalue weighted by Crippen LogP contribution is 2.24. The van der Waals surface area contributed by atoms with Crippen LogP contribution >= 0.6 is 11.3 Å². The summed E-state index contributed by atoms with van der Waals surface area (Å²) in [5.74, 6) is 0. The summed E-state index contributed by atoms with van der Waals surface area (Å²) in [5.41, 5.74) is 3.44. The molecule has 106 valence electrons. The van der Waals surface area contributed by atoms with Gasteiger partial charge in [0.2, 0.25) is 0 Å². The molecule has 1 aromatic carbocycles. The molecule has 0 aliphatic carbocycles. The zero-order valence-corrected chi connectivity index (χ0v) is 12.6. The van der Waals surface area contributed by atoms with E-state index >= 15 is 0 Å². The molecule has 0 amide bonds. The second kappa shape index (κ2) is 6.37. The first-order valence-electron chi connectivity index (χ1n) is 7.18. The van der Waals surface area contributed by atoms with E-state index in [1.807, 2.05) is 6.92 Å². The van der Waals surface area contributed by atoms with Crippen molar-refractivity contribution in [1.82, 2.24) is 4.98 Å². The molecule has 2 heterocycles. The van der Waals surface area contributed by atoms with Gasteiger partial charge in [0.15, 0.2) is 0 Å². The lowest BCUT2D eigenvalue weighted by atomic mass is 10.1. The molecule has 0 spiro atoms. The number of hydrogen-bond donors (Lipinski definition) is 1. The third-order valence-electron chi connectivity index (χ3n) is 3.62. The summed E-state index contributed by atoms with van der Waals surface area (Å²) in [6.07, 6.45) is 3.42. The van der Waals surface area contributed by atoms with E-state index < -0.39 is 0 Å². The van der Waals surface area contributed by atoms with Crippen LogP contribution in [0.3, 0.4) is 0 Å². The molecule has 1 N–H and O–H groups in total. The van der Waals surface area contributed by atoms with Crippen LogP contribution in [-0.4, -0.2) is 24.2 Å². The Hall–Kier alpha value is -1.39. The Balaban J connectivity index is 1.66. The number of nitrogens with zero attached hydrogens (tertiary/aromatic N) is 1. The van der Waals surface area contributed by atoms with Crippen LogP contribution in [-0.2, 0) is 4.74 Å². The molecule has 20 heavy (non-hydrogen) atoms. The normalized spacial score (nSPS) is 19.6. The number of aromatic nitrogens is 1. The van der Waals surface area contributed by atoms with Gasteiger partial charge in [-0.2, -0.15) is 0 Å². The van der Waals surface area contributed by atoms with Crippen LogP contribution in [0.1, 0.15) is 24.3 Å². The Morgan fingerprint density at radius 1 is 1.20 bits per heavy atom. The van der Waals surface area contributed by atoms with Gasteiger partial charge >= 0.3 is 0 Å². The number of rotatable bonds is 3. The molecular weight excluding hydrogens is 268 g/mol. The number of benzene rings is 1. The van der Waals surface area contributed by atoms with Gasteiger partial charge in [-0.25, -0.2) is 4.98 Å². The maximum atomic E-state index is 5.49. The quantitative estimate of drug-likeness (QED) is 0.923. The highest BCUT2D eigenvalue weighted by molar-refractivity contribution is 7.09. The summed E-state index contributed by atoms with van der Waals surface area (Å²) >= 11 is 1.69. The van der Waals surface area contributed by atoms with E-state index in [-0.39, 0.29) is 0 Å². The number of ether oxygens (including phenoxy) is 1. The maximum absolute atomic E-state index is 5.49. The van der Waals surface area contributed by atoms with Gasteiger partial charge in [-0.1, -0.05) is 12.1 Å². The van der Waals surface area contributed by atoms with Crippen molar-refractivity contribution in [3.8, 4) is 11.3 Å². The van der Waals surface area contributed by atoms with Crippen LogP contribution in [0.5, 0.6) is 0 Å². The van der Waals surface area contributed by atoms with Gasteiger partial charge in [0.1, 0.15) is 0 Å². The number of anilines is 1. The first-order chi connectivity index (χ1) is 9.81. The number of thiazole rings is 1. The molecule has 1 unspecified atom stereocenters. The topological polar surface area (TPSA) is 34.2 Å². The monoisotopic (exact) mass is 288 g/mol. The van der Waals surface area contributed by atoms with Gasteiger partial charge in [-0.15, -0.1) is 11.3 Å². The maximum Gasteiger partial charge on any atom is 0.0901 e. The molecule has 3 rings (SSSR count). The average molecular weight is 288 g/mol. The lowest BCUT2D eigenvalue weighted by molar-refractivity contribution is 0.144. The van der Waals surface area contributed by atoms with Crippen molar-refractivity contribution >= 4 is 17.0 Å². The van der Waals surface area contributed by atoms with Crippen LogP contribution < -0.4 is 5.32 Å². The molecule has 2 aromatic rings. The highest BCUT2D eigenvalue weighted by atomic mass is 32.1. The molecule has 0 saturated carbocycles. The van der Waals surface area contributed by atoms with E-state index in [2.05, 4.69) is 39.9 Å². The first kappa shape index (κ1) is 13.6. The first-order valence-corrected chi connectivity index (χ1v) is 8.06. The minimum absolute atomic E-state index is 0.532. The van der Waals surface area contributed by atoms with Crippen LogP contribution in [0.25, 0.3) is 11.3 Å². The second-order valence-electron chi connectivity index (χ2n) is 5.21. The fraction of sp³-hybridized carbons (Fsp3) is 0.438. The van der Waals surface area contributed by atoms with Gasteiger partial charge in [0, 0.05) is 35.9 Å². The fourth-order valence-electron chi connectivity index (χ4n) is 2.52. The van der Waals surface area contributed by atoms with Crippen LogP contribution in [0, 0.1) is 6.92 Å². The zero-order chi connectivity index (χ0) is 13.8. The Morgan fingerprint density at radius 3 is 2.80 bits per heavy atom. The van der Waals surface area contributed by atoms with Crippen molar-refractivity contribution in [2.75, 3.05) is 18.5 Å². The molecule has 3 nitrogen and oxygen atoms in total. The summed E-state index contributed by atoms with van der Waals surface area (Å²) < 4.78 is 5.49. The lowest BCUT2D eigenvalue weighted by Gasteiger charge is -2.17. The van der Waals surface area contributed by atoms with Gasteiger partial charge in [0.25, 0.3) is 0 Å². The van der Waals surface area contributed by atoms with Gasteiger partial charge in [-0.05, 0) is 38.3 Å². The Labute approximate surface area is 124 Å². The fourth-order valence-corrected chi connectivity index (χ4v) is 3.14. The van der Waals surface area contributed by atoms with Crippen molar-refractivity contribution in [2.24, 2.45) is 0 Å². The summed E-state index contributed by atoms with van der Waals surface area (Å²) in [6, 6.07) is 9.12. The summed E-state index contributed by atoms with van der Waals surface area (Å²) in [4.78, 5) is 4.52. The Bertz CT molecular complexity index is 542. The van der Waals surface area contributed by atoms with Crippen LogP contribution in [0.15, 0.2) is 29.6 Å². The van der Waals surface area contributed by atoms with E-state index in [4.69, 9.17) is 4.74 Å². The van der Waals surface area contributed by atoms with E-state index in [9.17, 15) is 0 Å². The number of hydrogen-bond acceptors (Lipinski definition) is 4. The molecular formula is C16H20N2OS. The van der Waals surface area contributed by atoms with E-state index in [1.54, 1.807) is 11.3 Å². The molecule has 1 aromatic heterocycles. The predicted octanol–water partition coefficient (Wildman–Crippen LogP) is 4.10. The smallest absolute Gasteiger partial charge is 0.0901 e. The van der Waals surface area contributed by atoms with E-state index in [0.29, 0.717) is 6.04 Å². The van der Waals surface area contributed by atoms with Crippen molar-refractivity contribution in [2.45, 2.75) is 32.2 Å². The van der Waals surface area contributed by atoms with Crippen LogP contribution in [0.4, 0.5) is 5.69 Å². The summed E-state index contributed by atoms with van der Waals surface area (Å²) in [6.45, 7) is 3.81. The van der Waals surface area contributed by atoms with E-state index in [0.717, 1.165) is 36.8 Å². The summed E-state index contributed by atoms with van der Waals surface area (Å²) in [5, 5.41) is 6.83. The van der Waals surface area contributed by atoms with Crippen LogP contribution in [0.2, 0.25) is 0 Å². The molecule has 1 aliphatic heterocycles. The Morgan fingerprint density at radius 2 is 2.05 bits per heavy atom. The third kappa shape index (κ3) is 3.38. The number of aryl methyl sites for hydroxylation is 1. The zero-order valence-electron chi connectivity index (χ0n) is 11.8. The molecule has 0 radical (unpaired) electrons. The SMILES string of the molecule is Cc1nc(-c2ccc(NC3CCCOCC3)cc2)cs1. The lowest BCUT2D eigenvalue weighted by Crippen LogP contribution is -2.19. The largest absolute Gasteiger partial charge is 0.382 e. The van der Waals surface area contributed by atoms with Crippen molar-refractivity contribution in [3.63, 3.8) is 0 Å². The van der Waals surface area contributed by atoms with Gasteiger partial charge < -0.3 is 10.1 Å². The molecule has 0 bridgehead atoms. The number of nitrogens with one attached hydrogen (secondary N) is 1. The predicted molar refractivity (Wildman–Crippen MR) is 84.4 cm³/mol. The molecule has 1 saturated heterocycles. The average Bonchev–Trinajstić information content (AvgIpc) is 2.73. The van der Waals surface area contributed by atoms with Gasteiger partial charge in [-0.3, -0.25) is 0 Å². The van der Waals surface area contributed by atoms with Crippen molar-refractivity contribution < 1.29 is 4.74 Å². The molecule has 4 heteroatoms. The summed E-state index contributed by atoms with van der Waals surface area (Å²) in [7, 11) is 0. The standard InChI is InChI=1S/C16H20N2OS/c1-12-17-16(11-20-12)13-4-6-15(7-5-13)18-14-3-2-9-19-10-8-14/h4-7,11,14,18H,2-3,8-10H2,1H3.